The summed E-state index contributed by atoms with van der Waals surface area (Å²) < 4.78 is 0.882. The maximum atomic E-state index is 4.25. The number of anilines is 1. The molecule has 0 spiro atoms. The maximum absolute atomic E-state index is 4.25. The monoisotopic (exact) mass is 283 g/mol. The van der Waals surface area contributed by atoms with E-state index in [1.54, 1.807) is 11.3 Å². The summed E-state index contributed by atoms with van der Waals surface area (Å²) in [6.07, 6.45) is 2.73. The van der Waals surface area contributed by atoms with Gasteiger partial charge in [0.15, 0.2) is 5.13 Å². The summed E-state index contributed by atoms with van der Waals surface area (Å²) in [4.78, 5) is 8.49. The van der Waals surface area contributed by atoms with Crippen LogP contribution in [0, 0.1) is 0 Å². The lowest BCUT2D eigenvalue weighted by atomic mass is 10.3. The van der Waals surface area contributed by atoms with E-state index in [-0.39, 0.29) is 0 Å². The predicted octanol–water partition coefficient (Wildman–Crippen LogP) is 2.96. The standard InChI is InChI=1S/C10H10BrN3S/c11-9-7-15-10(14-9)13-6-4-8-3-1-2-5-12-8/h1-3,5,7H,4,6H2,(H,13,14). The van der Waals surface area contributed by atoms with Crippen LogP contribution in [0.5, 0.6) is 0 Å². The highest BCUT2D eigenvalue weighted by Crippen LogP contribution is 2.18. The second kappa shape index (κ2) is 5.23. The van der Waals surface area contributed by atoms with Crippen molar-refractivity contribution in [2.75, 3.05) is 11.9 Å². The Bertz CT molecular complexity index is 416. The average molecular weight is 284 g/mol. The minimum absolute atomic E-state index is 0.858. The highest BCUT2D eigenvalue weighted by atomic mass is 79.9. The van der Waals surface area contributed by atoms with E-state index in [4.69, 9.17) is 0 Å². The lowest BCUT2D eigenvalue weighted by Gasteiger charge is -2.01. The Morgan fingerprint density at radius 2 is 2.33 bits per heavy atom. The van der Waals surface area contributed by atoms with Gasteiger partial charge in [-0.25, -0.2) is 4.98 Å². The van der Waals surface area contributed by atoms with Crippen LogP contribution in [0.15, 0.2) is 34.4 Å². The summed E-state index contributed by atoms with van der Waals surface area (Å²) in [7, 11) is 0. The molecule has 0 saturated carbocycles. The minimum atomic E-state index is 0.858. The van der Waals surface area contributed by atoms with Gasteiger partial charge >= 0.3 is 0 Å². The molecule has 5 heteroatoms. The Labute approximate surface area is 101 Å². The maximum Gasteiger partial charge on any atom is 0.183 e. The molecule has 0 aromatic carbocycles. The topological polar surface area (TPSA) is 37.8 Å². The van der Waals surface area contributed by atoms with Gasteiger partial charge in [0.25, 0.3) is 0 Å². The highest BCUT2D eigenvalue weighted by molar-refractivity contribution is 9.10. The molecule has 78 valence electrons. The van der Waals surface area contributed by atoms with E-state index >= 15 is 0 Å². The number of nitrogens with zero attached hydrogens (tertiary/aromatic N) is 2. The Morgan fingerprint density at radius 1 is 1.40 bits per heavy atom. The predicted molar refractivity (Wildman–Crippen MR) is 66.2 cm³/mol. The van der Waals surface area contributed by atoms with E-state index in [0.29, 0.717) is 0 Å². The largest absolute Gasteiger partial charge is 0.361 e. The molecule has 0 aliphatic carbocycles. The van der Waals surface area contributed by atoms with Gasteiger partial charge < -0.3 is 5.32 Å². The Hall–Kier alpha value is -0.940. The summed E-state index contributed by atoms with van der Waals surface area (Å²) in [5.74, 6) is 0. The lowest BCUT2D eigenvalue weighted by molar-refractivity contribution is 0.958. The van der Waals surface area contributed by atoms with Gasteiger partial charge in [0.05, 0.1) is 0 Å². The number of aromatic nitrogens is 2. The van der Waals surface area contributed by atoms with Crippen LogP contribution < -0.4 is 5.32 Å². The molecule has 1 N–H and O–H groups in total. The molecule has 15 heavy (non-hydrogen) atoms. The third kappa shape index (κ3) is 3.28. The minimum Gasteiger partial charge on any atom is -0.361 e. The van der Waals surface area contributed by atoms with Crippen LogP contribution in [0.25, 0.3) is 0 Å². The molecule has 0 radical (unpaired) electrons. The van der Waals surface area contributed by atoms with Crippen molar-refractivity contribution in [3.8, 4) is 0 Å². The number of hydrogen-bond acceptors (Lipinski definition) is 4. The van der Waals surface area contributed by atoms with Crippen molar-refractivity contribution < 1.29 is 0 Å². The molecule has 0 fully saturated rings. The van der Waals surface area contributed by atoms with E-state index in [9.17, 15) is 0 Å². The summed E-state index contributed by atoms with van der Waals surface area (Å²) in [6.45, 7) is 0.858. The lowest BCUT2D eigenvalue weighted by Crippen LogP contribution is -2.05. The smallest absolute Gasteiger partial charge is 0.183 e. The zero-order chi connectivity index (χ0) is 10.5. The van der Waals surface area contributed by atoms with Crippen molar-refractivity contribution in [3.05, 3.63) is 40.1 Å². The summed E-state index contributed by atoms with van der Waals surface area (Å²) >= 11 is 4.91. The highest BCUT2D eigenvalue weighted by Gasteiger charge is 1.98. The first kappa shape index (κ1) is 10.6. The normalized spacial score (nSPS) is 10.2. The van der Waals surface area contributed by atoms with Crippen molar-refractivity contribution in [2.24, 2.45) is 0 Å². The number of thiazole rings is 1. The van der Waals surface area contributed by atoms with Gasteiger partial charge in [-0.2, -0.15) is 0 Å². The molecule has 0 atom stereocenters. The molecule has 0 aliphatic heterocycles. The Balaban J connectivity index is 1.80. The fraction of sp³-hybridized carbons (Fsp3) is 0.200. The van der Waals surface area contributed by atoms with Crippen molar-refractivity contribution in [3.63, 3.8) is 0 Å². The van der Waals surface area contributed by atoms with Gasteiger partial charge in [-0.3, -0.25) is 4.98 Å². The van der Waals surface area contributed by atoms with Gasteiger partial charge in [-0.05, 0) is 28.1 Å². The molecule has 0 amide bonds. The van der Waals surface area contributed by atoms with Crippen LogP contribution in [-0.4, -0.2) is 16.5 Å². The zero-order valence-electron chi connectivity index (χ0n) is 7.98. The molecule has 2 rings (SSSR count). The number of hydrogen-bond donors (Lipinski definition) is 1. The van der Waals surface area contributed by atoms with E-state index in [1.807, 2.05) is 29.8 Å². The molecule has 2 aromatic heterocycles. The quantitative estimate of drug-likeness (QED) is 0.938. The summed E-state index contributed by atoms with van der Waals surface area (Å²) in [5, 5.41) is 6.16. The first-order valence-corrected chi connectivity index (χ1v) is 6.26. The molecule has 0 saturated heterocycles. The summed E-state index contributed by atoms with van der Waals surface area (Å²) in [6, 6.07) is 5.95. The van der Waals surface area contributed by atoms with Gasteiger partial charge in [-0.15, -0.1) is 11.3 Å². The van der Waals surface area contributed by atoms with Crippen molar-refractivity contribution in [1.82, 2.24) is 9.97 Å². The van der Waals surface area contributed by atoms with Gasteiger partial charge in [0, 0.05) is 30.2 Å². The van der Waals surface area contributed by atoms with Crippen LogP contribution in [0.1, 0.15) is 5.69 Å². The van der Waals surface area contributed by atoms with Crippen molar-refractivity contribution in [2.45, 2.75) is 6.42 Å². The molecule has 0 unspecified atom stereocenters. The van der Waals surface area contributed by atoms with Crippen LogP contribution >= 0.6 is 27.3 Å². The summed E-state index contributed by atoms with van der Waals surface area (Å²) in [5.41, 5.74) is 1.10. The second-order valence-electron chi connectivity index (χ2n) is 2.97. The molecular formula is C10H10BrN3S. The molecule has 0 aliphatic rings. The van der Waals surface area contributed by atoms with Crippen molar-refractivity contribution in [1.29, 1.82) is 0 Å². The number of nitrogens with one attached hydrogen (secondary N) is 1. The van der Waals surface area contributed by atoms with E-state index in [0.717, 1.165) is 28.4 Å². The molecule has 2 aromatic rings. The van der Waals surface area contributed by atoms with Crippen LogP contribution in [0.3, 0.4) is 0 Å². The number of pyridine rings is 1. The van der Waals surface area contributed by atoms with Crippen LogP contribution in [0.4, 0.5) is 5.13 Å². The fourth-order valence-electron chi connectivity index (χ4n) is 1.18. The third-order valence-electron chi connectivity index (χ3n) is 1.86. The SMILES string of the molecule is Brc1csc(NCCc2ccccn2)n1. The fourth-order valence-corrected chi connectivity index (χ4v) is 2.35. The Kier molecular flexibility index (Phi) is 3.69. The third-order valence-corrected chi connectivity index (χ3v) is 3.37. The molecule has 0 bridgehead atoms. The Morgan fingerprint density at radius 3 is 3.00 bits per heavy atom. The molecular weight excluding hydrogens is 274 g/mol. The number of halogens is 1. The first-order valence-electron chi connectivity index (χ1n) is 4.59. The van der Waals surface area contributed by atoms with Crippen LogP contribution in [0.2, 0.25) is 0 Å². The van der Waals surface area contributed by atoms with Gasteiger partial charge in [0.1, 0.15) is 4.60 Å². The van der Waals surface area contributed by atoms with Gasteiger partial charge in [0.2, 0.25) is 0 Å². The van der Waals surface area contributed by atoms with E-state index in [2.05, 4.69) is 31.2 Å². The van der Waals surface area contributed by atoms with E-state index in [1.165, 1.54) is 0 Å². The second-order valence-corrected chi connectivity index (χ2v) is 4.64. The van der Waals surface area contributed by atoms with E-state index < -0.39 is 0 Å². The van der Waals surface area contributed by atoms with Crippen LogP contribution in [-0.2, 0) is 6.42 Å². The number of rotatable bonds is 4. The molecule has 2 heterocycles. The zero-order valence-corrected chi connectivity index (χ0v) is 10.4. The molecule has 3 nitrogen and oxygen atoms in total. The van der Waals surface area contributed by atoms with Crippen molar-refractivity contribution >= 4 is 32.4 Å². The van der Waals surface area contributed by atoms with Gasteiger partial charge in [-0.1, -0.05) is 6.07 Å². The average Bonchev–Trinajstić information content (AvgIpc) is 2.66. The first-order chi connectivity index (χ1) is 7.34.